The molecular weight excluding hydrogens is 224 g/mol. The van der Waals surface area contributed by atoms with E-state index in [2.05, 4.69) is 21.9 Å². The fourth-order valence-corrected chi connectivity index (χ4v) is 2.37. The largest absolute Gasteiger partial charge is 0.395 e. The van der Waals surface area contributed by atoms with E-state index in [0.717, 1.165) is 19.6 Å². The summed E-state index contributed by atoms with van der Waals surface area (Å²) in [7, 11) is 0. The third-order valence-corrected chi connectivity index (χ3v) is 3.10. The molecule has 1 aliphatic heterocycles. The van der Waals surface area contributed by atoms with E-state index in [1.807, 2.05) is 12.1 Å². The molecule has 0 radical (unpaired) electrons. The van der Waals surface area contributed by atoms with Crippen LogP contribution in [0.1, 0.15) is 0 Å². The lowest BCUT2D eigenvalue weighted by Crippen LogP contribution is -2.42. The van der Waals surface area contributed by atoms with Crippen molar-refractivity contribution in [1.29, 1.82) is 0 Å². The van der Waals surface area contributed by atoms with Crippen LogP contribution < -0.4 is 9.80 Å². The van der Waals surface area contributed by atoms with E-state index in [1.54, 1.807) is 0 Å². The van der Waals surface area contributed by atoms with Gasteiger partial charge in [0.15, 0.2) is 0 Å². The number of hydrogen-bond acceptors (Lipinski definition) is 3. The molecule has 0 unspecified atom stereocenters. The lowest BCUT2D eigenvalue weighted by Gasteiger charge is -2.38. The van der Waals surface area contributed by atoms with E-state index in [0.29, 0.717) is 12.4 Å². The normalized spacial score (nSPS) is 15.1. The molecule has 0 spiro atoms. The highest BCUT2D eigenvalue weighted by molar-refractivity contribution is 6.18. The van der Waals surface area contributed by atoms with Crippen LogP contribution in [0.5, 0.6) is 0 Å². The molecule has 0 saturated heterocycles. The van der Waals surface area contributed by atoms with E-state index in [-0.39, 0.29) is 6.61 Å². The standard InChI is InChI=1S/C12H17ClN2O/c13-5-6-14-7-8-15(9-10-16)12-4-2-1-3-11(12)14/h1-4,16H,5-10H2. The average molecular weight is 241 g/mol. The summed E-state index contributed by atoms with van der Waals surface area (Å²) in [5.41, 5.74) is 2.43. The Morgan fingerprint density at radius 3 is 2.12 bits per heavy atom. The Morgan fingerprint density at radius 2 is 1.62 bits per heavy atom. The van der Waals surface area contributed by atoms with Crippen molar-refractivity contribution in [1.82, 2.24) is 0 Å². The highest BCUT2D eigenvalue weighted by Gasteiger charge is 2.20. The van der Waals surface area contributed by atoms with Gasteiger partial charge in [-0.25, -0.2) is 0 Å². The number of hydrogen-bond donors (Lipinski definition) is 1. The van der Waals surface area contributed by atoms with E-state index in [1.165, 1.54) is 11.4 Å². The van der Waals surface area contributed by atoms with Crippen molar-refractivity contribution < 1.29 is 5.11 Å². The van der Waals surface area contributed by atoms with Crippen molar-refractivity contribution in [3.05, 3.63) is 24.3 Å². The molecular formula is C12H17ClN2O. The van der Waals surface area contributed by atoms with Gasteiger partial charge in [0.2, 0.25) is 0 Å². The van der Waals surface area contributed by atoms with Gasteiger partial charge in [0, 0.05) is 32.1 Å². The van der Waals surface area contributed by atoms with Crippen molar-refractivity contribution in [3.63, 3.8) is 0 Å². The first-order valence-corrected chi connectivity index (χ1v) is 6.16. The van der Waals surface area contributed by atoms with E-state index < -0.39 is 0 Å². The van der Waals surface area contributed by atoms with Gasteiger partial charge >= 0.3 is 0 Å². The first-order valence-electron chi connectivity index (χ1n) is 5.62. The number of fused-ring (bicyclic) bond motifs is 1. The van der Waals surface area contributed by atoms with Crippen molar-refractivity contribution in [2.24, 2.45) is 0 Å². The summed E-state index contributed by atoms with van der Waals surface area (Å²) < 4.78 is 0. The minimum Gasteiger partial charge on any atom is -0.395 e. The van der Waals surface area contributed by atoms with Gasteiger partial charge in [0.1, 0.15) is 0 Å². The summed E-state index contributed by atoms with van der Waals surface area (Å²) in [5, 5.41) is 9.04. The summed E-state index contributed by atoms with van der Waals surface area (Å²) in [6, 6.07) is 8.30. The number of rotatable bonds is 4. The lowest BCUT2D eigenvalue weighted by atomic mass is 10.1. The minimum absolute atomic E-state index is 0.198. The highest BCUT2D eigenvalue weighted by atomic mass is 35.5. The molecule has 1 aromatic rings. The van der Waals surface area contributed by atoms with Gasteiger partial charge in [-0.05, 0) is 12.1 Å². The lowest BCUT2D eigenvalue weighted by molar-refractivity contribution is 0.301. The molecule has 1 heterocycles. The SMILES string of the molecule is OCCN1CCN(CCCl)c2ccccc21. The Bertz CT molecular complexity index is 313. The first-order chi connectivity index (χ1) is 7.86. The number of halogens is 1. The maximum Gasteiger partial charge on any atom is 0.0606 e. The summed E-state index contributed by atoms with van der Waals surface area (Å²) in [6.45, 7) is 3.71. The number of benzene rings is 1. The van der Waals surface area contributed by atoms with Crippen LogP contribution in [-0.2, 0) is 0 Å². The Balaban J connectivity index is 2.25. The second kappa shape index (κ2) is 5.41. The molecule has 1 aromatic carbocycles. The van der Waals surface area contributed by atoms with Crippen molar-refractivity contribution in [2.75, 3.05) is 48.5 Å². The summed E-state index contributed by atoms with van der Waals surface area (Å²) in [6.07, 6.45) is 0. The summed E-state index contributed by atoms with van der Waals surface area (Å²) in [5.74, 6) is 0.647. The van der Waals surface area contributed by atoms with Gasteiger partial charge in [-0.1, -0.05) is 12.1 Å². The smallest absolute Gasteiger partial charge is 0.0606 e. The van der Waals surface area contributed by atoms with Crippen molar-refractivity contribution in [3.8, 4) is 0 Å². The van der Waals surface area contributed by atoms with Crippen molar-refractivity contribution in [2.45, 2.75) is 0 Å². The van der Waals surface area contributed by atoms with Crippen LogP contribution in [0.3, 0.4) is 0 Å². The number of aliphatic hydroxyl groups excluding tert-OH is 1. The Labute approximate surface area is 101 Å². The topological polar surface area (TPSA) is 26.7 Å². The van der Waals surface area contributed by atoms with Crippen LogP contribution in [0, 0.1) is 0 Å². The molecule has 0 aliphatic carbocycles. The van der Waals surface area contributed by atoms with Crippen LogP contribution in [0.25, 0.3) is 0 Å². The zero-order valence-electron chi connectivity index (χ0n) is 9.27. The zero-order chi connectivity index (χ0) is 11.4. The number of anilines is 2. The third-order valence-electron chi connectivity index (χ3n) is 2.93. The zero-order valence-corrected chi connectivity index (χ0v) is 10.0. The van der Waals surface area contributed by atoms with Crippen LogP contribution in [0.4, 0.5) is 11.4 Å². The van der Waals surface area contributed by atoms with Crippen LogP contribution in [-0.4, -0.2) is 43.8 Å². The minimum atomic E-state index is 0.198. The van der Waals surface area contributed by atoms with Gasteiger partial charge in [-0.15, -0.1) is 11.6 Å². The molecule has 0 amide bonds. The second-order valence-corrected chi connectivity index (χ2v) is 4.25. The van der Waals surface area contributed by atoms with E-state index >= 15 is 0 Å². The first kappa shape index (κ1) is 11.6. The highest BCUT2D eigenvalue weighted by Crippen LogP contribution is 2.32. The average Bonchev–Trinajstić information content (AvgIpc) is 2.33. The van der Waals surface area contributed by atoms with Gasteiger partial charge in [0.05, 0.1) is 18.0 Å². The third kappa shape index (κ3) is 2.25. The molecule has 0 bridgehead atoms. The molecule has 3 nitrogen and oxygen atoms in total. The molecule has 0 saturated carbocycles. The monoisotopic (exact) mass is 240 g/mol. The fraction of sp³-hybridized carbons (Fsp3) is 0.500. The summed E-state index contributed by atoms with van der Waals surface area (Å²) >= 11 is 5.80. The molecule has 1 N–H and O–H groups in total. The molecule has 88 valence electrons. The Kier molecular flexibility index (Phi) is 3.91. The van der Waals surface area contributed by atoms with Crippen LogP contribution >= 0.6 is 11.6 Å². The summed E-state index contributed by atoms with van der Waals surface area (Å²) in [4.78, 5) is 4.52. The molecule has 4 heteroatoms. The molecule has 0 aromatic heterocycles. The number of nitrogens with zero attached hydrogens (tertiary/aromatic N) is 2. The Hall–Kier alpha value is -0.930. The molecule has 0 fully saturated rings. The van der Waals surface area contributed by atoms with Crippen LogP contribution in [0.15, 0.2) is 24.3 Å². The molecule has 2 rings (SSSR count). The van der Waals surface area contributed by atoms with Gasteiger partial charge in [-0.2, -0.15) is 0 Å². The molecule has 1 aliphatic rings. The van der Waals surface area contributed by atoms with E-state index in [4.69, 9.17) is 16.7 Å². The predicted octanol–water partition coefficient (Wildman–Crippen LogP) is 1.54. The fourth-order valence-electron chi connectivity index (χ4n) is 2.17. The maximum absolute atomic E-state index is 9.04. The quantitative estimate of drug-likeness (QED) is 0.809. The number of alkyl halides is 1. The number of β-amino-alcohol motifs (C(OH)–C–C–N with tert-alkyl or cyclic N) is 1. The van der Waals surface area contributed by atoms with Crippen molar-refractivity contribution >= 4 is 23.0 Å². The number of aliphatic hydroxyl groups is 1. The van der Waals surface area contributed by atoms with Gasteiger partial charge in [0.25, 0.3) is 0 Å². The number of para-hydroxylation sites is 2. The molecule has 0 atom stereocenters. The van der Waals surface area contributed by atoms with Gasteiger partial charge < -0.3 is 14.9 Å². The Morgan fingerprint density at radius 1 is 1.06 bits per heavy atom. The van der Waals surface area contributed by atoms with Crippen LogP contribution in [0.2, 0.25) is 0 Å². The predicted molar refractivity (Wildman–Crippen MR) is 68.7 cm³/mol. The van der Waals surface area contributed by atoms with E-state index in [9.17, 15) is 0 Å². The maximum atomic E-state index is 9.04. The molecule has 16 heavy (non-hydrogen) atoms. The second-order valence-electron chi connectivity index (χ2n) is 3.88. The van der Waals surface area contributed by atoms with Gasteiger partial charge in [-0.3, -0.25) is 0 Å².